The molecule has 6 heteroatoms. The van der Waals surface area contributed by atoms with Crippen LogP contribution in [0.5, 0.6) is 0 Å². The van der Waals surface area contributed by atoms with Crippen LogP contribution in [0.15, 0.2) is 60.9 Å². The molecule has 0 unspecified atom stereocenters. The maximum Gasteiger partial charge on any atom is 0.256 e. The summed E-state index contributed by atoms with van der Waals surface area (Å²) in [5, 5.41) is 2.75. The summed E-state index contributed by atoms with van der Waals surface area (Å²) >= 11 is 0. The summed E-state index contributed by atoms with van der Waals surface area (Å²) in [6, 6.07) is 15.0. The lowest BCUT2D eigenvalue weighted by atomic mass is 10.2. The Bertz CT molecular complexity index is 806. The Balaban J connectivity index is 1.74. The predicted molar refractivity (Wildman–Crippen MR) is 87.3 cm³/mol. The number of nitrogens with one attached hydrogen (secondary N) is 1. The van der Waals surface area contributed by atoms with Crippen LogP contribution in [0.3, 0.4) is 0 Å². The molecule has 0 saturated carbocycles. The Morgan fingerprint density at radius 3 is 2.52 bits per heavy atom. The van der Waals surface area contributed by atoms with Crippen molar-refractivity contribution in [3.8, 4) is 11.4 Å². The van der Waals surface area contributed by atoms with E-state index in [-0.39, 0.29) is 17.3 Å². The van der Waals surface area contributed by atoms with E-state index in [2.05, 4.69) is 20.3 Å². The van der Waals surface area contributed by atoms with Crippen LogP contribution in [0, 0.1) is 0 Å². The molecule has 3 rings (SSSR count). The molecule has 0 saturated heterocycles. The number of anilines is 1. The van der Waals surface area contributed by atoms with Gasteiger partial charge in [0.15, 0.2) is 5.82 Å². The molecule has 1 aromatic carbocycles. The van der Waals surface area contributed by atoms with Gasteiger partial charge in [-0.15, -0.1) is 0 Å². The van der Waals surface area contributed by atoms with Crippen molar-refractivity contribution in [1.82, 2.24) is 20.3 Å². The number of nitrogens with two attached hydrogens (primary N) is 1. The number of carbonyl (C=O) groups excluding carboxylic acids is 1. The molecule has 2 heterocycles. The van der Waals surface area contributed by atoms with Gasteiger partial charge >= 0.3 is 0 Å². The van der Waals surface area contributed by atoms with E-state index in [0.717, 1.165) is 11.3 Å². The average Bonchev–Trinajstić information content (AvgIpc) is 2.61. The van der Waals surface area contributed by atoms with Crippen LogP contribution >= 0.6 is 0 Å². The molecule has 114 valence electrons. The average molecular weight is 305 g/mol. The Hall–Kier alpha value is -3.28. The highest BCUT2D eigenvalue weighted by Gasteiger charge is 2.13. The molecule has 2 aromatic heterocycles. The Labute approximate surface area is 133 Å². The summed E-state index contributed by atoms with van der Waals surface area (Å²) in [5.41, 5.74) is 7.76. The minimum Gasteiger partial charge on any atom is -0.383 e. The topological polar surface area (TPSA) is 93.8 Å². The van der Waals surface area contributed by atoms with Crippen molar-refractivity contribution in [1.29, 1.82) is 0 Å². The molecule has 3 aromatic rings. The lowest BCUT2D eigenvalue weighted by molar-refractivity contribution is 0.0950. The monoisotopic (exact) mass is 305 g/mol. The van der Waals surface area contributed by atoms with Crippen LogP contribution in [0.1, 0.15) is 16.1 Å². The van der Waals surface area contributed by atoms with E-state index in [1.807, 2.05) is 48.5 Å². The highest BCUT2D eigenvalue weighted by molar-refractivity contribution is 5.98. The van der Waals surface area contributed by atoms with Crippen LogP contribution < -0.4 is 11.1 Å². The number of carbonyl (C=O) groups is 1. The smallest absolute Gasteiger partial charge is 0.256 e. The second-order valence-corrected chi connectivity index (χ2v) is 4.86. The first kappa shape index (κ1) is 14.6. The van der Waals surface area contributed by atoms with E-state index in [1.165, 1.54) is 6.20 Å². The van der Waals surface area contributed by atoms with E-state index in [0.29, 0.717) is 12.4 Å². The number of hydrogen-bond acceptors (Lipinski definition) is 5. The molecule has 3 N–H and O–H groups in total. The standard InChI is InChI=1S/C17H15N5O/c18-15-14(17(23)21-10-13-8-4-5-9-19-13)11-20-16(22-15)12-6-2-1-3-7-12/h1-9,11H,10H2,(H,21,23)(H2,18,20,22). The molecule has 0 bridgehead atoms. The summed E-state index contributed by atoms with van der Waals surface area (Å²) < 4.78 is 0. The number of nitrogen functional groups attached to an aromatic ring is 1. The minimum atomic E-state index is -0.326. The highest BCUT2D eigenvalue weighted by atomic mass is 16.1. The molecule has 1 amide bonds. The molecule has 0 atom stereocenters. The van der Waals surface area contributed by atoms with Gasteiger partial charge in [0.2, 0.25) is 0 Å². The van der Waals surface area contributed by atoms with Crippen molar-refractivity contribution in [2.45, 2.75) is 6.54 Å². The lowest BCUT2D eigenvalue weighted by Gasteiger charge is -2.08. The third kappa shape index (κ3) is 3.49. The number of hydrogen-bond donors (Lipinski definition) is 2. The van der Waals surface area contributed by atoms with E-state index >= 15 is 0 Å². The van der Waals surface area contributed by atoms with Crippen LogP contribution in [-0.4, -0.2) is 20.9 Å². The van der Waals surface area contributed by atoms with Crippen molar-refractivity contribution in [3.05, 3.63) is 72.2 Å². The molecule has 0 aliphatic heterocycles. The van der Waals surface area contributed by atoms with E-state index in [9.17, 15) is 4.79 Å². The van der Waals surface area contributed by atoms with Gasteiger partial charge in [0, 0.05) is 18.0 Å². The summed E-state index contributed by atoms with van der Waals surface area (Å²) in [5.74, 6) is 0.314. The van der Waals surface area contributed by atoms with Gasteiger partial charge < -0.3 is 11.1 Å². The van der Waals surface area contributed by atoms with Gasteiger partial charge in [0.25, 0.3) is 5.91 Å². The van der Waals surface area contributed by atoms with E-state index in [4.69, 9.17) is 5.73 Å². The third-order valence-corrected chi connectivity index (χ3v) is 3.25. The number of nitrogens with zero attached hydrogens (tertiary/aromatic N) is 3. The molecule has 0 radical (unpaired) electrons. The fraction of sp³-hybridized carbons (Fsp3) is 0.0588. The van der Waals surface area contributed by atoms with Crippen molar-refractivity contribution >= 4 is 11.7 Å². The second kappa shape index (κ2) is 6.65. The number of pyridine rings is 1. The zero-order valence-electron chi connectivity index (χ0n) is 12.3. The fourth-order valence-electron chi connectivity index (χ4n) is 2.07. The van der Waals surface area contributed by atoms with Gasteiger partial charge in [-0.05, 0) is 12.1 Å². The van der Waals surface area contributed by atoms with Crippen molar-refractivity contribution in [2.75, 3.05) is 5.73 Å². The summed E-state index contributed by atoms with van der Waals surface area (Å²) in [4.78, 5) is 24.8. The first-order valence-corrected chi connectivity index (χ1v) is 7.10. The molecule has 0 aliphatic carbocycles. The predicted octanol–water partition coefficient (Wildman–Crippen LogP) is 2.05. The first-order chi connectivity index (χ1) is 11.2. The first-order valence-electron chi connectivity index (χ1n) is 7.10. The van der Waals surface area contributed by atoms with Crippen LogP contribution in [0.25, 0.3) is 11.4 Å². The Morgan fingerprint density at radius 1 is 1.04 bits per heavy atom. The lowest BCUT2D eigenvalue weighted by Crippen LogP contribution is -2.25. The fourth-order valence-corrected chi connectivity index (χ4v) is 2.07. The number of benzene rings is 1. The van der Waals surface area contributed by atoms with Gasteiger partial charge in [-0.3, -0.25) is 9.78 Å². The SMILES string of the molecule is Nc1nc(-c2ccccc2)ncc1C(=O)NCc1ccccn1. The van der Waals surface area contributed by atoms with Crippen molar-refractivity contribution < 1.29 is 4.79 Å². The Morgan fingerprint density at radius 2 is 1.83 bits per heavy atom. The molecule has 0 spiro atoms. The van der Waals surface area contributed by atoms with E-state index < -0.39 is 0 Å². The molecule has 0 fully saturated rings. The number of rotatable bonds is 4. The maximum atomic E-state index is 12.2. The molecule has 6 nitrogen and oxygen atoms in total. The quantitative estimate of drug-likeness (QED) is 0.769. The normalized spacial score (nSPS) is 10.3. The van der Waals surface area contributed by atoms with Crippen molar-refractivity contribution in [2.24, 2.45) is 0 Å². The van der Waals surface area contributed by atoms with Gasteiger partial charge in [-0.1, -0.05) is 36.4 Å². The number of amides is 1. The van der Waals surface area contributed by atoms with Gasteiger partial charge in [-0.2, -0.15) is 0 Å². The minimum absolute atomic E-state index is 0.150. The summed E-state index contributed by atoms with van der Waals surface area (Å²) in [6.07, 6.45) is 3.12. The van der Waals surface area contributed by atoms with Crippen molar-refractivity contribution in [3.63, 3.8) is 0 Å². The third-order valence-electron chi connectivity index (χ3n) is 3.25. The molecule has 0 aliphatic rings. The molecule has 23 heavy (non-hydrogen) atoms. The highest BCUT2D eigenvalue weighted by Crippen LogP contribution is 2.17. The number of aromatic nitrogens is 3. The zero-order valence-corrected chi connectivity index (χ0v) is 12.3. The molecular formula is C17H15N5O. The maximum absolute atomic E-state index is 12.2. The van der Waals surface area contributed by atoms with Crippen LogP contribution in [0.2, 0.25) is 0 Å². The van der Waals surface area contributed by atoms with E-state index in [1.54, 1.807) is 6.20 Å². The van der Waals surface area contributed by atoms with Crippen LogP contribution in [0.4, 0.5) is 5.82 Å². The van der Waals surface area contributed by atoms with Gasteiger partial charge in [0.1, 0.15) is 5.82 Å². The second-order valence-electron chi connectivity index (χ2n) is 4.86. The summed E-state index contributed by atoms with van der Waals surface area (Å²) in [6.45, 7) is 0.319. The molecular weight excluding hydrogens is 290 g/mol. The summed E-state index contributed by atoms with van der Waals surface area (Å²) in [7, 11) is 0. The van der Waals surface area contributed by atoms with Crippen LogP contribution in [-0.2, 0) is 6.54 Å². The largest absolute Gasteiger partial charge is 0.383 e. The van der Waals surface area contributed by atoms with Gasteiger partial charge in [0.05, 0.1) is 17.8 Å². The zero-order chi connectivity index (χ0) is 16.1. The van der Waals surface area contributed by atoms with Gasteiger partial charge in [-0.25, -0.2) is 9.97 Å². The Kier molecular flexibility index (Phi) is 4.24.